The Morgan fingerprint density at radius 1 is 1.35 bits per heavy atom. The molecule has 1 aromatic rings. The zero-order valence-electron chi connectivity index (χ0n) is 9.85. The van der Waals surface area contributed by atoms with Gasteiger partial charge in [-0.05, 0) is 62.9 Å². The van der Waals surface area contributed by atoms with Gasteiger partial charge in [0.05, 0.1) is 8.95 Å². The van der Waals surface area contributed by atoms with Crippen molar-refractivity contribution in [2.24, 2.45) is 0 Å². The van der Waals surface area contributed by atoms with Gasteiger partial charge in [0.2, 0.25) is 0 Å². The number of hydrogen-bond acceptors (Lipinski definition) is 2. The normalized spacial score (nSPS) is 10.1. The van der Waals surface area contributed by atoms with E-state index in [1.54, 1.807) is 0 Å². The molecule has 0 unspecified atom stereocenters. The second kappa shape index (κ2) is 7.01. The summed E-state index contributed by atoms with van der Waals surface area (Å²) in [7, 11) is 0. The van der Waals surface area contributed by atoms with Crippen molar-refractivity contribution >= 4 is 37.8 Å². The Hall–Kier alpha value is -0.550. The highest BCUT2D eigenvalue weighted by Crippen LogP contribution is 2.34. The Kier molecular flexibility index (Phi) is 5.98. The Morgan fingerprint density at radius 2 is 1.94 bits per heavy atom. The molecule has 0 aliphatic rings. The van der Waals surface area contributed by atoms with Crippen LogP contribution in [0.5, 0.6) is 5.75 Å². The molecule has 0 atom stereocenters. The van der Waals surface area contributed by atoms with Crippen molar-refractivity contribution in [2.75, 3.05) is 13.2 Å². The van der Waals surface area contributed by atoms with Gasteiger partial charge in [-0.1, -0.05) is 6.92 Å². The lowest BCUT2D eigenvalue weighted by Crippen LogP contribution is -2.29. The van der Waals surface area contributed by atoms with Crippen LogP contribution in [-0.4, -0.2) is 19.1 Å². The standard InChI is InChI=1S/C12H15Br2NO2/c1-3-4-15-11(16)7-17-12-9(13)5-8(2)6-10(12)14/h5-6H,3-4,7H2,1-2H3,(H,15,16). The third-order valence-electron chi connectivity index (χ3n) is 2.06. The molecule has 1 aromatic carbocycles. The van der Waals surface area contributed by atoms with E-state index in [1.165, 1.54) is 0 Å². The molecule has 3 nitrogen and oxygen atoms in total. The van der Waals surface area contributed by atoms with Crippen LogP contribution in [0.1, 0.15) is 18.9 Å². The van der Waals surface area contributed by atoms with Crippen LogP contribution < -0.4 is 10.1 Å². The van der Waals surface area contributed by atoms with Gasteiger partial charge in [0.15, 0.2) is 6.61 Å². The molecule has 1 amide bonds. The minimum atomic E-state index is -0.105. The summed E-state index contributed by atoms with van der Waals surface area (Å²) in [5, 5.41) is 2.76. The summed E-state index contributed by atoms with van der Waals surface area (Å²) >= 11 is 6.83. The van der Waals surface area contributed by atoms with Gasteiger partial charge >= 0.3 is 0 Å². The average Bonchev–Trinajstić information content (AvgIpc) is 2.24. The van der Waals surface area contributed by atoms with E-state index in [-0.39, 0.29) is 12.5 Å². The lowest BCUT2D eigenvalue weighted by molar-refractivity contribution is -0.123. The number of halogens is 2. The minimum absolute atomic E-state index is 0.0280. The fourth-order valence-corrected chi connectivity index (χ4v) is 2.92. The molecule has 0 aliphatic carbocycles. The highest BCUT2D eigenvalue weighted by molar-refractivity contribution is 9.11. The third kappa shape index (κ3) is 4.68. The van der Waals surface area contributed by atoms with E-state index in [2.05, 4.69) is 37.2 Å². The first-order valence-corrected chi connectivity index (χ1v) is 6.98. The molecule has 5 heteroatoms. The van der Waals surface area contributed by atoms with Crippen LogP contribution in [-0.2, 0) is 4.79 Å². The maximum atomic E-state index is 11.4. The molecule has 0 spiro atoms. The first kappa shape index (κ1) is 14.5. The second-order valence-corrected chi connectivity index (χ2v) is 5.40. The SMILES string of the molecule is CCCNC(=O)COc1c(Br)cc(C)cc1Br. The molecule has 0 aliphatic heterocycles. The summed E-state index contributed by atoms with van der Waals surface area (Å²) in [6.07, 6.45) is 0.920. The van der Waals surface area contributed by atoms with Crippen molar-refractivity contribution < 1.29 is 9.53 Å². The van der Waals surface area contributed by atoms with E-state index in [1.807, 2.05) is 26.0 Å². The molecule has 0 aromatic heterocycles. The zero-order chi connectivity index (χ0) is 12.8. The second-order valence-electron chi connectivity index (χ2n) is 3.70. The first-order chi connectivity index (χ1) is 8.04. The Morgan fingerprint density at radius 3 is 2.47 bits per heavy atom. The van der Waals surface area contributed by atoms with E-state index < -0.39 is 0 Å². The number of nitrogens with one attached hydrogen (secondary N) is 1. The van der Waals surface area contributed by atoms with E-state index >= 15 is 0 Å². The topological polar surface area (TPSA) is 38.3 Å². The highest BCUT2D eigenvalue weighted by Gasteiger charge is 2.09. The molecule has 1 rings (SSSR count). The van der Waals surface area contributed by atoms with Gasteiger partial charge in [0, 0.05) is 6.54 Å². The van der Waals surface area contributed by atoms with Crippen molar-refractivity contribution in [1.29, 1.82) is 0 Å². The van der Waals surface area contributed by atoms with Crippen LogP contribution in [0, 0.1) is 6.92 Å². The van der Waals surface area contributed by atoms with Crippen molar-refractivity contribution in [1.82, 2.24) is 5.32 Å². The number of amides is 1. The summed E-state index contributed by atoms with van der Waals surface area (Å²) in [5.74, 6) is 0.550. The van der Waals surface area contributed by atoms with Crippen molar-refractivity contribution in [3.05, 3.63) is 26.6 Å². The van der Waals surface area contributed by atoms with Gasteiger partial charge in [-0.25, -0.2) is 0 Å². The molecule has 1 N–H and O–H groups in total. The lowest BCUT2D eigenvalue weighted by atomic mass is 10.2. The quantitative estimate of drug-likeness (QED) is 0.869. The monoisotopic (exact) mass is 363 g/mol. The predicted octanol–water partition coefficient (Wildman–Crippen LogP) is 3.43. The van der Waals surface area contributed by atoms with Crippen molar-refractivity contribution in [3.63, 3.8) is 0 Å². The van der Waals surface area contributed by atoms with Crippen molar-refractivity contribution in [2.45, 2.75) is 20.3 Å². The van der Waals surface area contributed by atoms with Gasteiger partial charge in [0.1, 0.15) is 5.75 Å². The molecular weight excluding hydrogens is 350 g/mol. The third-order valence-corrected chi connectivity index (χ3v) is 3.24. The molecular formula is C12H15Br2NO2. The van der Waals surface area contributed by atoms with E-state index in [9.17, 15) is 4.79 Å². The highest BCUT2D eigenvalue weighted by atomic mass is 79.9. The van der Waals surface area contributed by atoms with Crippen LogP contribution in [0.4, 0.5) is 0 Å². The van der Waals surface area contributed by atoms with Gasteiger partial charge in [0.25, 0.3) is 5.91 Å². The summed E-state index contributed by atoms with van der Waals surface area (Å²) in [5.41, 5.74) is 1.12. The molecule has 0 saturated carbocycles. The summed E-state index contributed by atoms with van der Waals surface area (Å²) in [6, 6.07) is 3.90. The molecule has 0 heterocycles. The number of rotatable bonds is 5. The van der Waals surface area contributed by atoms with Crippen LogP contribution in [0.3, 0.4) is 0 Å². The minimum Gasteiger partial charge on any atom is -0.481 e. The summed E-state index contributed by atoms with van der Waals surface area (Å²) in [6.45, 7) is 4.71. The number of carbonyl (C=O) groups excluding carboxylic acids is 1. The van der Waals surface area contributed by atoms with Crippen LogP contribution >= 0.6 is 31.9 Å². The number of aryl methyl sites for hydroxylation is 1. The van der Waals surface area contributed by atoms with Gasteiger partial charge in [-0.3, -0.25) is 4.79 Å². The maximum absolute atomic E-state index is 11.4. The molecule has 0 radical (unpaired) electrons. The number of hydrogen-bond donors (Lipinski definition) is 1. The van der Waals surface area contributed by atoms with E-state index in [0.29, 0.717) is 12.3 Å². The average molecular weight is 365 g/mol. The van der Waals surface area contributed by atoms with E-state index in [4.69, 9.17) is 4.74 Å². The number of benzene rings is 1. The van der Waals surface area contributed by atoms with Gasteiger partial charge < -0.3 is 10.1 Å². The fraction of sp³-hybridized carbons (Fsp3) is 0.417. The Labute approximate surface area is 118 Å². The van der Waals surface area contributed by atoms with Crippen LogP contribution in [0.2, 0.25) is 0 Å². The number of carbonyl (C=O) groups is 1. The summed E-state index contributed by atoms with van der Waals surface area (Å²) < 4.78 is 7.16. The number of ether oxygens (including phenoxy) is 1. The van der Waals surface area contributed by atoms with Gasteiger partial charge in [-0.15, -0.1) is 0 Å². The fourth-order valence-electron chi connectivity index (χ4n) is 1.28. The van der Waals surface area contributed by atoms with Crippen LogP contribution in [0.15, 0.2) is 21.1 Å². The molecule has 0 bridgehead atoms. The van der Waals surface area contributed by atoms with E-state index in [0.717, 1.165) is 20.9 Å². The van der Waals surface area contributed by atoms with Crippen molar-refractivity contribution in [3.8, 4) is 5.75 Å². The molecule has 17 heavy (non-hydrogen) atoms. The van der Waals surface area contributed by atoms with Gasteiger partial charge in [-0.2, -0.15) is 0 Å². The first-order valence-electron chi connectivity index (χ1n) is 5.39. The predicted molar refractivity (Wildman–Crippen MR) is 75.4 cm³/mol. The Bertz CT molecular complexity index is 384. The molecule has 0 saturated heterocycles. The van der Waals surface area contributed by atoms with Crippen LogP contribution in [0.25, 0.3) is 0 Å². The zero-order valence-corrected chi connectivity index (χ0v) is 13.0. The molecule has 94 valence electrons. The smallest absolute Gasteiger partial charge is 0.257 e. The maximum Gasteiger partial charge on any atom is 0.257 e. The summed E-state index contributed by atoms with van der Waals surface area (Å²) in [4.78, 5) is 11.4. The lowest BCUT2D eigenvalue weighted by Gasteiger charge is -2.11. The largest absolute Gasteiger partial charge is 0.481 e. The molecule has 0 fully saturated rings. The Balaban J connectivity index is 2.60.